The number of ether oxygens (including phenoxy) is 1. The van der Waals surface area contributed by atoms with Crippen molar-refractivity contribution < 1.29 is 9.84 Å². The summed E-state index contributed by atoms with van der Waals surface area (Å²) in [5.41, 5.74) is 2.15. The van der Waals surface area contributed by atoms with Crippen molar-refractivity contribution >= 4 is 5.69 Å². The van der Waals surface area contributed by atoms with E-state index in [-0.39, 0.29) is 0 Å². The third kappa shape index (κ3) is 1.99. The highest BCUT2D eigenvalue weighted by molar-refractivity contribution is 5.53. The molecule has 1 heterocycles. The average molecular weight is 193 g/mol. The minimum absolute atomic E-state index is 0.315. The second kappa shape index (κ2) is 3.88. The van der Waals surface area contributed by atoms with Crippen LogP contribution in [0.2, 0.25) is 0 Å². The molecule has 1 aromatic rings. The summed E-state index contributed by atoms with van der Waals surface area (Å²) in [6.07, 6.45) is 1.06. The van der Waals surface area contributed by atoms with Gasteiger partial charge < -0.3 is 15.2 Å². The molecule has 1 atom stereocenters. The van der Waals surface area contributed by atoms with E-state index >= 15 is 0 Å². The van der Waals surface area contributed by atoms with E-state index in [1.54, 1.807) is 12.1 Å². The zero-order valence-electron chi connectivity index (χ0n) is 8.29. The van der Waals surface area contributed by atoms with Crippen molar-refractivity contribution in [3.63, 3.8) is 0 Å². The monoisotopic (exact) mass is 193 g/mol. The molecule has 3 nitrogen and oxygen atoms in total. The fourth-order valence-electron chi connectivity index (χ4n) is 1.68. The van der Waals surface area contributed by atoms with Crippen LogP contribution in [0.25, 0.3) is 0 Å². The van der Waals surface area contributed by atoms with Gasteiger partial charge in [0.25, 0.3) is 0 Å². The summed E-state index contributed by atoms with van der Waals surface area (Å²) in [7, 11) is 0. The molecule has 2 N–H and O–H groups in total. The van der Waals surface area contributed by atoms with Crippen LogP contribution in [0.3, 0.4) is 0 Å². The van der Waals surface area contributed by atoms with Crippen molar-refractivity contribution in [3.8, 4) is 5.75 Å². The molecule has 3 heteroatoms. The Balaban J connectivity index is 2.08. The van der Waals surface area contributed by atoms with E-state index in [0.29, 0.717) is 11.8 Å². The second-order valence-electron chi connectivity index (χ2n) is 3.70. The van der Waals surface area contributed by atoms with Gasteiger partial charge >= 0.3 is 0 Å². The Morgan fingerprint density at radius 3 is 3.00 bits per heavy atom. The molecule has 0 saturated carbocycles. The first kappa shape index (κ1) is 9.34. The molecule has 0 aliphatic carbocycles. The van der Waals surface area contributed by atoms with Crippen LogP contribution in [0.1, 0.15) is 12.0 Å². The summed E-state index contributed by atoms with van der Waals surface area (Å²) < 4.78 is 5.28. The molecule has 14 heavy (non-hydrogen) atoms. The van der Waals surface area contributed by atoms with Crippen molar-refractivity contribution in [3.05, 3.63) is 23.8 Å². The zero-order chi connectivity index (χ0) is 9.97. The molecule has 1 fully saturated rings. The molecule has 0 aromatic heterocycles. The SMILES string of the molecule is Cc1cc(O)ccc1NC1CCOC1. The smallest absolute Gasteiger partial charge is 0.115 e. The minimum Gasteiger partial charge on any atom is -0.508 e. The van der Waals surface area contributed by atoms with E-state index < -0.39 is 0 Å². The van der Waals surface area contributed by atoms with Crippen LogP contribution >= 0.6 is 0 Å². The van der Waals surface area contributed by atoms with Crippen LogP contribution in [-0.4, -0.2) is 24.4 Å². The molecule has 1 aliphatic rings. The van der Waals surface area contributed by atoms with Gasteiger partial charge in [-0.1, -0.05) is 0 Å². The molecule has 0 bridgehead atoms. The van der Waals surface area contributed by atoms with Crippen molar-refractivity contribution in [2.24, 2.45) is 0 Å². The lowest BCUT2D eigenvalue weighted by atomic mass is 10.1. The van der Waals surface area contributed by atoms with Crippen molar-refractivity contribution in [1.29, 1.82) is 0 Å². The molecule has 0 amide bonds. The number of hydrogen-bond acceptors (Lipinski definition) is 3. The number of aryl methyl sites for hydroxylation is 1. The number of anilines is 1. The first-order valence-electron chi connectivity index (χ1n) is 4.89. The van der Waals surface area contributed by atoms with Crippen molar-refractivity contribution in [2.45, 2.75) is 19.4 Å². The molecule has 1 aromatic carbocycles. The summed E-state index contributed by atoms with van der Waals surface area (Å²) in [5, 5.41) is 12.6. The average Bonchev–Trinajstić information content (AvgIpc) is 2.62. The Labute approximate surface area is 83.7 Å². The van der Waals surface area contributed by atoms with E-state index in [4.69, 9.17) is 4.74 Å². The molecular weight excluding hydrogens is 178 g/mol. The van der Waals surface area contributed by atoms with Gasteiger partial charge in [0, 0.05) is 12.3 Å². The molecule has 2 rings (SSSR count). The quantitative estimate of drug-likeness (QED) is 0.705. The molecule has 1 saturated heterocycles. The zero-order valence-corrected chi connectivity index (χ0v) is 8.29. The Hall–Kier alpha value is -1.22. The van der Waals surface area contributed by atoms with Gasteiger partial charge in [0.2, 0.25) is 0 Å². The normalized spacial score (nSPS) is 21.1. The summed E-state index contributed by atoms with van der Waals surface area (Å²) in [4.78, 5) is 0. The molecule has 1 unspecified atom stereocenters. The van der Waals surface area contributed by atoms with Gasteiger partial charge in [0.15, 0.2) is 0 Å². The third-order valence-electron chi connectivity index (χ3n) is 2.50. The van der Waals surface area contributed by atoms with Crippen LogP contribution in [-0.2, 0) is 4.74 Å². The van der Waals surface area contributed by atoms with E-state index in [1.165, 1.54) is 0 Å². The molecule has 0 radical (unpaired) electrons. The predicted molar refractivity (Wildman–Crippen MR) is 55.7 cm³/mol. The molecule has 76 valence electrons. The summed E-state index contributed by atoms with van der Waals surface area (Å²) in [6.45, 7) is 3.60. The van der Waals surface area contributed by atoms with Gasteiger partial charge in [-0.15, -0.1) is 0 Å². The summed E-state index contributed by atoms with van der Waals surface area (Å²) in [6, 6.07) is 5.78. The lowest BCUT2D eigenvalue weighted by Gasteiger charge is -2.14. The largest absolute Gasteiger partial charge is 0.508 e. The maximum absolute atomic E-state index is 9.25. The highest BCUT2D eigenvalue weighted by atomic mass is 16.5. The second-order valence-corrected chi connectivity index (χ2v) is 3.70. The van der Waals surface area contributed by atoms with Crippen LogP contribution in [0, 0.1) is 6.92 Å². The lowest BCUT2D eigenvalue weighted by molar-refractivity contribution is 0.195. The van der Waals surface area contributed by atoms with E-state index in [2.05, 4.69) is 5.32 Å². The van der Waals surface area contributed by atoms with Gasteiger partial charge in [-0.3, -0.25) is 0 Å². The highest BCUT2D eigenvalue weighted by Crippen LogP contribution is 2.22. The number of nitrogens with one attached hydrogen (secondary N) is 1. The van der Waals surface area contributed by atoms with Crippen LogP contribution in [0.5, 0.6) is 5.75 Å². The predicted octanol–water partition coefficient (Wildman–Crippen LogP) is 1.90. The van der Waals surface area contributed by atoms with E-state index in [1.807, 2.05) is 13.0 Å². The fourth-order valence-corrected chi connectivity index (χ4v) is 1.68. The van der Waals surface area contributed by atoms with Gasteiger partial charge in [-0.2, -0.15) is 0 Å². The molecule has 1 aliphatic heterocycles. The maximum atomic E-state index is 9.25. The number of aromatic hydroxyl groups is 1. The first-order chi connectivity index (χ1) is 6.75. The van der Waals surface area contributed by atoms with Crippen molar-refractivity contribution in [1.82, 2.24) is 0 Å². The van der Waals surface area contributed by atoms with Crippen LogP contribution < -0.4 is 5.32 Å². The number of rotatable bonds is 2. The third-order valence-corrected chi connectivity index (χ3v) is 2.50. The Kier molecular flexibility index (Phi) is 2.59. The highest BCUT2D eigenvalue weighted by Gasteiger charge is 2.15. The van der Waals surface area contributed by atoms with Gasteiger partial charge in [-0.05, 0) is 37.1 Å². The fraction of sp³-hybridized carbons (Fsp3) is 0.455. The van der Waals surface area contributed by atoms with Gasteiger partial charge in [0.1, 0.15) is 5.75 Å². The number of phenolic OH excluding ortho intramolecular Hbond substituents is 1. The minimum atomic E-state index is 0.315. The molecule has 0 spiro atoms. The Morgan fingerprint density at radius 1 is 1.50 bits per heavy atom. The van der Waals surface area contributed by atoms with Crippen LogP contribution in [0.15, 0.2) is 18.2 Å². The summed E-state index contributed by atoms with van der Waals surface area (Å²) >= 11 is 0. The Morgan fingerprint density at radius 2 is 2.36 bits per heavy atom. The van der Waals surface area contributed by atoms with Gasteiger partial charge in [0.05, 0.1) is 12.6 Å². The van der Waals surface area contributed by atoms with E-state index in [9.17, 15) is 5.11 Å². The summed E-state index contributed by atoms with van der Waals surface area (Å²) in [5.74, 6) is 0.315. The standard InChI is InChI=1S/C11H15NO2/c1-8-6-10(13)2-3-11(8)12-9-4-5-14-7-9/h2-3,6,9,12-13H,4-5,7H2,1H3. The maximum Gasteiger partial charge on any atom is 0.115 e. The molecular formula is C11H15NO2. The van der Waals surface area contributed by atoms with Crippen molar-refractivity contribution in [2.75, 3.05) is 18.5 Å². The Bertz CT molecular complexity index is 319. The van der Waals surface area contributed by atoms with Crippen LogP contribution in [0.4, 0.5) is 5.69 Å². The number of hydrogen-bond donors (Lipinski definition) is 2. The topological polar surface area (TPSA) is 41.5 Å². The van der Waals surface area contributed by atoms with E-state index in [0.717, 1.165) is 30.9 Å². The van der Waals surface area contributed by atoms with Gasteiger partial charge in [-0.25, -0.2) is 0 Å². The lowest BCUT2D eigenvalue weighted by Crippen LogP contribution is -2.19. The number of benzene rings is 1. The first-order valence-corrected chi connectivity index (χ1v) is 4.89. The number of phenols is 1.